The van der Waals surface area contributed by atoms with E-state index in [4.69, 9.17) is 14.2 Å². The highest BCUT2D eigenvalue weighted by molar-refractivity contribution is 5.50. The van der Waals surface area contributed by atoms with Crippen LogP contribution < -0.4 is 14.2 Å². The fourth-order valence-corrected chi connectivity index (χ4v) is 4.09. The van der Waals surface area contributed by atoms with Crippen LogP contribution in [0.25, 0.3) is 34.6 Å². The Morgan fingerprint density at radius 3 is 1.48 bits per heavy atom. The lowest BCUT2D eigenvalue weighted by Crippen LogP contribution is -2.38. The minimum absolute atomic E-state index is 0.220. The second-order valence-corrected chi connectivity index (χ2v) is 10.5. The van der Waals surface area contributed by atoms with Crippen molar-refractivity contribution in [1.82, 2.24) is 60.5 Å². The second-order valence-electron chi connectivity index (χ2n) is 10.5. The van der Waals surface area contributed by atoms with Gasteiger partial charge in [-0.1, -0.05) is 12.1 Å². The highest BCUT2D eigenvalue weighted by Gasteiger charge is 2.29. The Kier molecular flexibility index (Phi) is 7.90. The van der Waals surface area contributed by atoms with Crippen LogP contribution in [-0.4, -0.2) is 80.3 Å². The van der Waals surface area contributed by atoms with Crippen molar-refractivity contribution >= 4 is 0 Å². The Balaban J connectivity index is 1.17. The van der Waals surface area contributed by atoms with Crippen molar-refractivity contribution in [3.63, 3.8) is 0 Å². The van der Waals surface area contributed by atoms with Gasteiger partial charge in [0.25, 0.3) is 0 Å². The van der Waals surface area contributed by atoms with Crippen molar-refractivity contribution in [3.8, 4) is 52.1 Å². The van der Waals surface area contributed by atoms with Crippen LogP contribution in [0.5, 0.6) is 17.5 Å². The summed E-state index contributed by atoms with van der Waals surface area (Å²) in [5.41, 5.74) is 1.18. The highest BCUT2D eigenvalue weighted by atomic mass is 16.5. The molecule has 6 heterocycles. The van der Waals surface area contributed by atoms with Gasteiger partial charge in [0.2, 0.25) is 11.8 Å². The zero-order valence-corrected chi connectivity index (χ0v) is 24.6. The summed E-state index contributed by atoms with van der Waals surface area (Å²) in [5, 5.41) is 21.0. The molecule has 0 aliphatic heterocycles. The number of aromatic nitrogens is 12. The van der Waals surface area contributed by atoms with Gasteiger partial charge in [0.1, 0.15) is 60.1 Å². The molecule has 0 atom stereocenters. The molecule has 6 aromatic heterocycles. The average molecular weight is 595 g/mol. The molecule has 44 heavy (non-hydrogen) atoms. The van der Waals surface area contributed by atoms with Gasteiger partial charge in [0.05, 0.1) is 11.6 Å². The average Bonchev–Trinajstić information content (AvgIpc) is 3.80. The first kappa shape index (κ1) is 28.4. The maximum atomic E-state index is 6.18. The molecular formula is C29H30N12O3. The first-order valence-corrected chi connectivity index (χ1v) is 13.8. The Hall–Kier alpha value is -5.73. The summed E-state index contributed by atoms with van der Waals surface area (Å²) in [6.07, 6.45) is 1.64. The van der Waals surface area contributed by atoms with Crippen LogP contribution in [0.2, 0.25) is 0 Å². The molecule has 0 bridgehead atoms. The largest absolute Gasteiger partial charge is 0.491 e. The van der Waals surface area contributed by atoms with Gasteiger partial charge >= 0.3 is 0 Å². The normalized spacial score (nSPS) is 11.5. The summed E-state index contributed by atoms with van der Waals surface area (Å²) in [6, 6.07) is 14.5. The van der Waals surface area contributed by atoms with Gasteiger partial charge in [0, 0.05) is 12.1 Å². The smallest absolute Gasteiger partial charge is 0.213 e. The zero-order chi connectivity index (χ0) is 30.5. The summed E-state index contributed by atoms with van der Waals surface area (Å²) < 4.78 is 18.5. The second kappa shape index (κ2) is 12.2. The summed E-state index contributed by atoms with van der Waals surface area (Å²) in [4.78, 5) is 26.6. The number of pyridine rings is 3. The number of nitrogens with zero attached hydrogens (tertiary/aromatic N) is 9. The van der Waals surface area contributed by atoms with E-state index in [1.165, 1.54) is 0 Å². The van der Waals surface area contributed by atoms with Gasteiger partial charge in [0.15, 0.2) is 17.5 Å². The standard InChI is InChI=1S/C29H30N12O3/c1-17-31-26(39-36-17)21-12-11-20(13-30-21)42-14-29(4,15-43-24-9-5-7-22(34-24)27-32-18(2)37-40-27)16-44-25-10-6-8-23(35-25)28-33-19(3)38-41-28/h5-13H,14-16H2,1-4H3,(H,31,36,39)(H,32,37,40)(H,33,38,41). The van der Waals surface area contributed by atoms with Crippen molar-refractivity contribution in [2.75, 3.05) is 19.8 Å². The van der Waals surface area contributed by atoms with Crippen molar-refractivity contribution in [3.05, 3.63) is 72.2 Å². The first-order valence-electron chi connectivity index (χ1n) is 13.8. The van der Waals surface area contributed by atoms with Gasteiger partial charge in [-0.05, 0) is 52.0 Å². The van der Waals surface area contributed by atoms with Gasteiger partial charge in [-0.15, -0.1) is 0 Å². The lowest BCUT2D eigenvalue weighted by molar-refractivity contribution is 0.0440. The minimum Gasteiger partial charge on any atom is -0.491 e. The van der Waals surface area contributed by atoms with E-state index >= 15 is 0 Å². The predicted molar refractivity (Wildman–Crippen MR) is 158 cm³/mol. The molecule has 6 aromatic rings. The van der Waals surface area contributed by atoms with E-state index < -0.39 is 5.41 Å². The highest BCUT2D eigenvalue weighted by Crippen LogP contribution is 2.25. The number of aromatic amines is 3. The molecule has 224 valence electrons. The number of rotatable bonds is 12. The lowest BCUT2D eigenvalue weighted by atomic mass is 9.94. The van der Waals surface area contributed by atoms with E-state index in [1.54, 1.807) is 18.3 Å². The minimum atomic E-state index is -0.642. The topological polar surface area (TPSA) is 191 Å². The zero-order valence-electron chi connectivity index (χ0n) is 24.6. The third-order valence-corrected chi connectivity index (χ3v) is 6.39. The SMILES string of the molecule is Cc1nc(-c2ccc(OCC(C)(COc3cccc(-c4n[nH]c(C)n4)n3)COc3cccc(-c4n[nH]c(C)n4)n3)cn2)n[nH]1. The lowest BCUT2D eigenvalue weighted by Gasteiger charge is -2.29. The van der Waals surface area contributed by atoms with E-state index in [2.05, 4.69) is 60.5 Å². The van der Waals surface area contributed by atoms with Crippen LogP contribution in [0.4, 0.5) is 0 Å². The van der Waals surface area contributed by atoms with Crippen LogP contribution in [0.3, 0.4) is 0 Å². The molecule has 0 aliphatic carbocycles. The molecule has 0 saturated heterocycles. The van der Waals surface area contributed by atoms with E-state index in [1.807, 2.05) is 64.1 Å². The van der Waals surface area contributed by atoms with E-state index in [0.29, 0.717) is 69.5 Å². The maximum absolute atomic E-state index is 6.18. The molecular weight excluding hydrogens is 564 g/mol. The van der Waals surface area contributed by atoms with Crippen molar-refractivity contribution in [1.29, 1.82) is 0 Å². The van der Waals surface area contributed by atoms with Crippen LogP contribution in [0.1, 0.15) is 24.4 Å². The molecule has 15 nitrogen and oxygen atoms in total. The molecule has 0 radical (unpaired) electrons. The number of ether oxygens (including phenoxy) is 3. The number of hydrogen-bond donors (Lipinski definition) is 3. The third kappa shape index (κ3) is 6.83. The molecule has 0 fully saturated rings. The molecule has 3 N–H and O–H groups in total. The molecule has 0 amide bonds. The Labute approximate surface area is 251 Å². The Morgan fingerprint density at radius 2 is 1.05 bits per heavy atom. The maximum Gasteiger partial charge on any atom is 0.213 e. The van der Waals surface area contributed by atoms with Crippen molar-refractivity contribution < 1.29 is 14.2 Å². The third-order valence-electron chi connectivity index (χ3n) is 6.39. The summed E-state index contributed by atoms with van der Waals surface area (Å²) in [5.74, 6) is 5.03. The van der Waals surface area contributed by atoms with Crippen LogP contribution in [0, 0.1) is 26.2 Å². The number of nitrogens with one attached hydrogen (secondary N) is 3. The molecule has 0 aliphatic rings. The van der Waals surface area contributed by atoms with E-state index in [-0.39, 0.29) is 19.8 Å². The molecule has 6 rings (SSSR count). The Bertz CT molecular complexity index is 1760. The fourth-order valence-electron chi connectivity index (χ4n) is 4.09. The number of hydrogen-bond acceptors (Lipinski definition) is 12. The van der Waals surface area contributed by atoms with Gasteiger partial charge in [-0.25, -0.2) is 29.9 Å². The van der Waals surface area contributed by atoms with Crippen LogP contribution in [-0.2, 0) is 0 Å². The quantitative estimate of drug-likeness (QED) is 0.186. The van der Waals surface area contributed by atoms with E-state index in [0.717, 1.165) is 0 Å². The summed E-state index contributed by atoms with van der Waals surface area (Å²) in [6.45, 7) is 8.18. The molecule has 0 saturated carbocycles. The molecule has 0 unspecified atom stereocenters. The van der Waals surface area contributed by atoms with Crippen molar-refractivity contribution in [2.24, 2.45) is 5.41 Å². The fraction of sp³-hybridized carbons (Fsp3) is 0.276. The Morgan fingerprint density at radius 1 is 0.568 bits per heavy atom. The van der Waals surface area contributed by atoms with Gasteiger partial charge in [-0.2, -0.15) is 15.3 Å². The monoisotopic (exact) mass is 594 g/mol. The first-order chi connectivity index (χ1) is 21.3. The molecule has 15 heteroatoms. The van der Waals surface area contributed by atoms with E-state index in [9.17, 15) is 0 Å². The van der Waals surface area contributed by atoms with Crippen LogP contribution >= 0.6 is 0 Å². The van der Waals surface area contributed by atoms with Gasteiger partial charge < -0.3 is 14.2 Å². The van der Waals surface area contributed by atoms with Crippen LogP contribution in [0.15, 0.2) is 54.7 Å². The molecule has 0 spiro atoms. The number of H-pyrrole nitrogens is 3. The summed E-state index contributed by atoms with van der Waals surface area (Å²) >= 11 is 0. The predicted octanol–water partition coefficient (Wildman–Crippen LogP) is 3.70. The van der Waals surface area contributed by atoms with Gasteiger partial charge in [-0.3, -0.25) is 15.3 Å². The molecule has 0 aromatic carbocycles. The number of aryl methyl sites for hydroxylation is 3. The van der Waals surface area contributed by atoms with Crippen molar-refractivity contribution in [2.45, 2.75) is 27.7 Å². The summed E-state index contributed by atoms with van der Waals surface area (Å²) in [7, 11) is 0.